The van der Waals surface area contributed by atoms with Crippen molar-refractivity contribution in [2.24, 2.45) is 0 Å². The first kappa shape index (κ1) is 20.9. The van der Waals surface area contributed by atoms with Gasteiger partial charge in [0.2, 0.25) is 0 Å². The van der Waals surface area contributed by atoms with Gasteiger partial charge in [0, 0.05) is 16.7 Å². The lowest BCUT2D eigenvalue weighted by atomic mass is 10.0. The van der Waals surface area contributed by atoms with Gasteiger partial charge in [-0.25, -0.2) is 4.98 Å². The molecule has 0 aliphatic rings. The minimum atomic E-state index is -0.152. The fourth-order valence-corrected chi connectivity index (χ4v) is 4.03. The van der Waals surface area contributed by atoms with E-state index in [4.69, 9.17) is 4.74 Å². The van der Waals surface area contributed by atoms with Gasteiger partial charge in [0.25, 0.3) is 0 Å². The van der Waals surface area contributed by atoms with Crippen molar-refractivity contribution in [3.8, 4) is 11.5 Å². The lowest BCUT2D eigenvalue weighted by Crippen LogP contribution is -2.02. The van der Waals surface area contributed by atoms with Crippen molar-refractivity contribution >= 4 is 17.5 Å². The number of carbonyl (C=O) groups excluding carboxylic acids is 1. The van der Waals surface area contributed by atoms with Crippen LogP contribution in [0.15, 0.2) is 64.6 Å². The van der Waals surface area contributed by atoms with Crippen LogP contribution in [0, 0.1) is 6.92 Å². The van der Waals surface area contributed by atoms with Gasteiger partial charge in [0.05, 0.1) is 5.56 Å². The van der Waals surface area contributed by atoms with Crippen LogP contribution in [0.1, 0.15) is 47.3 Å². The van der Waals surface area contributed by atoms with Gasteiger partial charge in [0.1, 0.15) is 23.1 Å². The molecule has 0 saturated carbocycles. The third kappa shape index (κ3) is 5.39. The largest absolute Gasteiger partial charge is 0.507 e. The molecule has 2 aromatic carbocycles. The summed E-state index contributed by atoms with van der Waals surface area (Å²) >= 11 is 1.61. The van der Waals surface area contributed by atoms with Crippen molar-refractivity contribution < 1.29 is 14.6 Å². The quantitative estimate of drug-likeness (QED) is 0.465. The molecule has 0 bridgehead atoms. The van der Waals surface area contributed by atoms with Crippen molar-refractivity contribution in [3.63, 3.8) is 0 Å². The molecule has 3 rings (SSSR count). The first-order valence-electron chi connectivity index (χ1n) is 9.66. The Labute approximate surface area is 176 Å². The van der Waals surface area contributed by atoms with E-state index in [0.29, 0.717) is 29.9 Å². The zero-order valence-corrected chi connectivity index (χ0v) is 17.8. The maximum atomic E-state index is 11.7. The number of nitrogens with zero attached hydrogens (tertiary/aromatic N) is 1. The molecule has 0 aliphatic carbocycles. The van der Waals surface area contributed by atoms with Gasteiger partial charge in [-0.2, -0.15) is 0 Å². The Kier molecular flexibility index (Phi) is 6.94. The second-order valence-corrected chi connectivity index (χ2v) is 8.05. The van der Waals surface area contributed by atoms with Crippen LogP contribution < -0.4 is 4.74 Å². The van der Waals surface area contributed by atoms with Gasteiger partial charge in [-0.15, -0.1) is 0 Å². The number of ketones is 1. The summed E-state index contributed by atoms with van der Waals surface area (Å²) < 4.78 is 6.02. The summed E-state index contributed by atoms with van der Waals surface area (Å²) in [7, 11) is 0. The smallest absolute Gasteiger partial charge is 0.163 e. The summed E-state index contributed by atoms with van der Waals surface area (Å²) in [5, 5.41) is 11.4. The van der Waals surface area contributed by atoms with Crippen molar-refractivity contribution in [1.82, 2.24) is 4.98 Å². The minimum absolute atomic E-state index is 0.0340. The standard InChI is InChI=1S/C24H25NO3S/c1-4-6-21-22(10-9-20(17(3)26)24(21)27)28-15-18-7-5-8-19(14-18)29-23-13-16(2)11-12-25-23/h5,7-14,27H,4,6,15H2,1-3H3. The first-order chi connectivity index (χ1) is 14.0. The fourth-order valence-electron chi connectivity index (χ4n) is 3.07. The molecule has 4 nitrogen and oxygen atoms in total. The summed E-state index contributed by atoms with van der Waals surface area (Å²) in [5.41, 5.74) is 3.24. The Balaban J connectivity index is 1.76. The van der Waals surface area contributed by atoms with Crippen molar-refractivity contribution in [2.45, 2.75) is 50.1 Å². The molecule has 1 aromatic heterocycles. The van der Waals surface area contributed by atoms with E-state index in [1.54, 1.807) is 23.9 Å². The summed E-state index contributed by atoms with van der Waals surface area (Å²) in [6.07, 6.45) is 3.31. The number of ether oxygens (including phenoxy) is 1. The van der Waals surface area contributed by atoms with E-state index in [2.05, 4.69) is 24.0 Å². The van der Waals surface area contributed by atoms with Crippen molar-refractivity contribution in [1.29, 1.82) is 0 Å². The maximum absolute atomic E-state index is 11.7. The van der Waals surface area contributed by atoms with Gasteiger partial charge in [-0.3, -0.25) is 4.79 Å². The van der Waals surface area contributed by atoms with Crippen LogP contribution in [-0.2, 0) is 13.0 Å². The molecule has 29 heavy (non-hydrogen) atoms. The second kappa shape index (κ2) is 9.61. The third-order valence-corrected chi connectivity index (χ3v) is 5.45. The number of Topliss-reactive ketones (excluding diaryl/α,β-unsaturated/α-hetero) is 1. The number of rotatable bonds is 8. The van der Waals surface area contributed by atoms with Gasteiger partial charge in [-0.1, -0.05) is 37.2 Å². The Morgan fingerprint density at radius 3 is 2.72 bits per heavy atom. The average molecular weight is 408 g/mol. The number of hydrogen-bond donors (Lipinski definition) is 1. The molecule has 0 amide bonds. The molecule has 3 aromatic rings. The van der Waals surface area contributed by atoms with Crippen LogP contribution in [0.3, 0.4) is 0 Å². The van der Waals surface area contributed by atoms with Gasteiger partial charge in [-0.05, 0) is 67.8 Å². The minimum Gasteiger partial charge on any atom is -0.507 e. The number of aromatic nitrogens is 1. The highest BCUT2D eigenvalue weighted by molar-refractivity contribution is 7.99. The number of pyridine rings is 1. The number of hydrogen-bond acceptors (Lipinski definition) is 5. The highest BCUT2D eigenvalue weighted by atomic mass is 32.2. The molecule has 1 heterocycles. The normalized spacial score (nSPS) is 10.7. The molecule has 1 N–H and O–H groups in total. The molecule has 0 atom stereocenters. The predicted octanol–water partition coefficient (Wildman–Crippen LogP) is 5.98. The van der Waals surface area contributed by atoms with E-state index in [1.807, 2.05) is 37.4 Å². The summed E-state index contributed by atoms with van der Waals surface area (Å²) in [6.45, 7) is 5.92. The highest BCUT2D eigenvalue weighted by Gasteiger charge is 2.16. The molecule has 0 radical (unpaired) electrons. The average Bonchev–Trinajstić information content (AvgIpc) is 2.68. The zero-order valence-electron chi connectivity index (χ0n) is 16.9. The Morgan fingerprint density at radius 1 is 1.17 bits per heavy atom. The second-order valence-electron chi connectivity index (χ2n) is 6.95. The van der Waals surface area contributed by atoms with Gasteiger partial charge < -0.3 is 9.84 Å². The van der Waals surface area contributed by atoms with Crippen LogP contribution >= 0.6 is 11.8 Å². The lowest BCUT2D eigenvalue weighted by molar-refractivity contribution is 0.101. The van der Waals surface area contributed by atoms with Gasteiger partial charge in [0.15, 0.2) is 5.78 Å². The van der Waals surface area contributed by atoms with E-state index in [1.165, 1.54) is 12.5 Å². The molecule has 5 heteroatoms. The van der Waals surface area contributed by atoms with E-state index >= 15 is 0 Å². The summed E-state index contributed by atoms with van der Waals surface area (Å²) in [6, 6.07) is 15.6. The van der Waals surface area contributed by atoms with Crippen LogP contribution in [0.4, 0.5) is 0 Å². The Bertz CT molecular complexity index is 1020. The molecule has 0 saturated heterocycles. The number of aromatic hydroxyl groups is 1. The predicted molar refractivity (Wildman–Crippen MR) is 116 cm³/mol. The Morgan fingerprint density at radius 2 is 2.00 bits per heavy atom. The fraction of sp³-hybridized carbons (Fsp3) is 0.250. The monoisotopic (exact) mass is 407 g/mol. The van der Waals surface area contributed by atoms with Crippen LogP contribution in [0.2, 0.25) is 0 Å². The molecule has 0 spiro atoms. The van der Waals surface area contributed by atoms with E-state index in [0.717, 1.165) is 21.9 Å². The van der Waals surface area contributed by atoms with Crippen molar-refractivity contribution in [3.05, 3.63) is 77.0 Å². The first-order valence-corrected chi connectivity index (χ1v) is 10.5. The third-order valence-electron chi connectivity index (χ3n) is 4.52. The number of benzene rings is 2. The van der Waals surface area contributed by atoms with Crippen LogP contribution in [0.25, 0.3) is 0 Å². The summed E-state index contributed by atoms with van der Waals surface area (Å²) in [5.74, 6) is 0.500. The lowest BCUT2D eigenvalue weighted by Gasteiger charge is -2.15. The molecule has 150 valence electrons. The van der Waals surface area contributed by atoms with E-state index in [9.17, 15) is 9.90 Å². The molecular weight excluding hydrogens is 382 g/mol. The van der Waals surface area contributed by atoms with Crippen molar-refractivity contribution in [2.75, 3.05) is 0 Å². The number of phenolic OH excluding ortho intramolecular Hbond substituents is 1. The number of aryl methyl sites for hydroxylation is 1. The number of carbonyl (C=O) groups is 1. The van der Waals surface area contributed by atoms with E-state index in [-0.39, 0.29) is 11.5 Å². The molecular formula is C24H25NO3S. The van der Waals surface area contributed by atoms with Gasteiger partial charge >= 0.3 is 0 Å². The highest BCUT2D eigenvalue weighted by Crippen LogP contribution is 2.34. The zero-order chi connectivity index (χ0) is 20.8. The topological polar surface area (TPSA) is 59.4 Å². The maximum Gasteiger partial charge on any atom is 0.163 e. The Hall–Kier alpha value is -2.79. The molecule has 0 unspecified atom stereocenters. The summed E-state index contributed by atoms with van der Waals surface area (Å²) in [4.78, 5) is 17.2. The SMILES string of the molecule is CCCc1c(OCc2cccc(Sc3cc(C)ccn3)c2)ccc(C(C)=O)c1O. The molecule has 0 fully saturated rings. The number of phenols is 1. The molecule has 0 aliphatic heterocycles. The van der Waals surface area contributed by atoms with Crippen LogP contribution in [-0.4, -0.2) is 15.9 Å². The van der Waals surface area contributed by atoms with E-state index < -0.39 is 0 Å². The van der Waals surface area contributed by atoms with Crippen LogP contribution in [0.5, 0.6) is 11.5 Å².